The van der Waals surface area contributed by atoms with Gasteiger partial charge in [0.1, 0.15) is 6.07 Å². The lowest BCUT2D eigenvalue weighted by atomic mass is 10.2. The second-order valence-electron chi connectivity index (χ2n) is 2.85. The van der Waals surface area contributed by atoms with E-state index < -0.39 is 5.97 Å². The highest BCUT2D eigenvalue weighted by Gasteiger charge is 2.06. The molecule has 0 saturated heterocycles. The van der Waals surface area contributed by atoms with E-state index in [1.165, 1.54) is 12.1 Å². The zero-order valence-electron chi connectivity index (χ0n) is 7.14. The average Bonchev–Trinajstić information content (AvgIpc) is 2.59. The van der Waals surface area contributed by atoms with Crippen LogP contribution in [0, 0.1) is 11.3 Å². The number of carbonyl (C=O) groups is 1. The van der Waals surface area contributed by atoms with Gasteiger partial charge in [0.25, 0.3) is 0 Å². The first-order chi connectivity index (χ1) is 6.72. The van der Waals surface area contributed by atoms with Gasteiger partial charge in [-0.25, -0.2) is 4.79 Å². The van der Waals surface area contributed by atoms with E-state index in [0.717, 1.165) is 0 Å². The Labute approximate surface area is 79.6 Å². The number of hydrogen-bond donors (Lipinski definition) is 1. The highest BCUT2D eigenvalue weighted by molar-refractivity contribution is 5.89. The van der Waals surface area contributed by atoms with Crippen molar-refractivity contribution in [3.63, 3.8) is 0 Å². The third-order valence-corrected chi connectivity index (χ3v) is 2.03. The summed E-state index contributed by atoms with van der Waals surface area (Å²) in [5.41, 5.74) is 1.29. The van der Waals surface area contributed by atoms with Gasteiger partial charge in [0.15, 0.2) is 0 Å². The maximum Gasteiger partial charge on any atom is 0.335 e. The van der Waals surface area contributed by atoms with Crippen LogP contribution in [0.2, 0.25) is 0 Å². The van der Waals surface area contributed by atoms with Crippen LogP contribution in [0.4, 0.5) is 0 Å². The summed E-state index contributed by atoms with van der Waals surface area (Å²) < 4.78 is 1.71. The molecular weight excluding hydrogens is 180 g/mol. The van der Waals surface area contributed by atoms with Crippen LogP contribution in [0.15, 0.2) is 30.6 Å². The van der Waals surface area contributed by atoms with Gasteiger partial charge < -0.3 is 9.51 Å². The number of rotatable bonds is 1. The fraction of sp³-hybridized carbons (Fsp3) is 0. The fourth-order valence-electron chi connectivity index (χ4n) is 1.33. The SMILES string of the molecule is N#Cc1ccn2ccc(C(=O)O)cc12. The van der Waals surface area contributed by atoms with Crippen LogP contribution in [0.25, 0.3) is 5.52 Å². The molecule has 0 aliphatic carbocycles. The molecule has 0 aromatic carbocycles. The zero-order chi connectivity index (χ0) is 10.1. The maximum atomic E-state index is 10.7. The second kappa shape index (κ2) is 2.89. The first kappa shape index (κ1) is 8.32. The van der Waals surface area contributed by atoms with E-state index in [4.69, 9.17) is 10.4 Å². The molecule has 0 fully saturated rings. The quantitative estimate of drug-likeness (QED) is 0.734. The molecule has 1 N–H and O–H groups in total. The van der Waals surface area contributed by atoms with Crippen molar-refractivity contribution in [3.05, 3.63) is 41.7 Å². The summed E-state index contributed by atoms with van der Waals surface area (Å²) in [6.45, 7) is 0. The van der Waals surface area contributed by atoms with Gasteiger partial charge in [-0.05, 0) is 18.2 Å². The summed E-state index contributed by atoms with van der Waals surface area (Å²) in [5.74, 6) is -0.988. The Hall–Kier alpha value is -2.28. The van der Waals surface area contributed by atoms with Crippen LogP contribution in [-0.4, -0.2) is 15.5 Å². The Balaban J connectivity index is 2.75. The molecule has 4 heteroatoms. The second-order valence-corrected chi connectivity index (χ2v) is 2.85. The van der Waals surface area contributed by atoms with E-state index in [9.17, 15) is 4.79 Å². The van der Waals surface area contributed by atoms with Gasteiger partial charge in [-0.1, -0.05) is 0 Å². The number of hydrogen-bond acceptors (Lipinski definition) is 2. The Bertz CT molecular complexity index is 549. The lowest BCUT2D eigenvalue weighted by Gasteiger charge is -1.97. The number of aromatic nitrogens is 1. The molecule has 0 aliphatic rings. The molecule has 2 rings (SSSR count). The number of carboxylic acid groups (broad SMARTS) is 1. The standard InChI is InChI=1S/C10H6N2O2/c11-6-8-2-4-12-3-1-7(10(13)14)5-9(8)12/h1-5H,(H,13,14). The minimum absolute atomic E-state index is 0.188. The third-order valence-electron chi connectivity index (χ3n) is 2.03. The van der Waals surface area contributed by atoms with Crippen molar-refractivity contribution in [3.8, 4) is 6.07 Å². The minimum atomic E-state index is -0.988. The molecule has 2 aromatic heterocycles. The average molecular weight is 186 g/mol. The number of carboxylic acids is 1. The van der Waals surface area contributed by atoms with Gasteiger partial charge >= 0.3 is 5.97 Å². The molecule has 0 amide bonds. The van der Waals surface area contributed by atoms with Crippen LogP contribution in [0.3, 0.4) is 0 Å². The molecule has 0 radical (unpaired) electrons. The van der Waals surface area contributed by atoms with Crippen molar-refractivity contribution in [2.75, 3.05) is 0 Å². The molecule has 4 nitrogen and oxygen atoms in total. The van der Waals surface area contributed by atoms with Crippen LogP contribution >= 0.6 is 0 Å². The van der Waals surface area contributed by atoms with Crippen molar-refractivity contribution >= 4 is 11.5 Å². The van der Waals surface area contributed by atoms with E-state index in [-0.39, 0.29) is 5.56 Å². The van der Waals surface area contributed by atoms with E-state index in [2.05, 4.69) is 0 Å². The largest absolute Gasteiger partial charge is 0.478 e. The van der Waals surface area contributed by atoms with E-state index in [1.807, 2.05) is 6.07 Å². The lowest BCUT2D eigenvalue weighted by Crippen LogP contribution is -1.97. The number of nitriles is 1. The molecule has 2 heterocycles. The highest BCUT2D eigenvalue weighted by Crippen LogP contribution is 2.13. The summed E-state index contributed by atoms with van der Waals surface area (Å²) in [4.78, 5) is 10.7. The predicted octanol–water partition coefficient (Wildman–Crippen LogP) is 1.51. The minimum Gasteiger partial charge on any atom is -0.478 e. The number of nitrogens with zero attached hydrogens (tertiary/aromatic N) is 2. The molecule has 2 aromatic rings. The topological polar surface area (TPSA) is 65.5 Å². The Morgan fingerprint density at radius 3 is 2.79 bits per heavy atom. The van der Waals surface area contributed by atoms with E-state index in [0.29, 0.717) is 11.1 Å². The smallest absolute Gasteiger partial charge is 0.335 e. The monoisotopic (exact) mass is 186 g/mol. The van der Waals surface area contributed by atoms with Crippen LogP contribution in [0.5, 0.6) is 0 Å². The van der Waals surface area contributed by atoms with Crippen molar-refractivity contribution in [1.82, 2.24) is 4.40 Å². The first-order valence-electron chi connectivity index (χ1n) is 3.96. The van der Waals surface area contributed by atoms with Gasteiger partial charge in [0.2, 0.25) is 0 Å². The fourth-order valence-corrected chi connectivity index (χ4v) is 1.33. The van der Waals surface area contributed by atoms with Crippen LogP contribution in [-0.2, 0) is 0 Å². The molecule has 0 unspecified atom stereocenters. The Morgan fingerprint density at radius 1 is 1.43 bits per heavy atom. The van der Waals surface area contributed by atoms with Crippen molar-refractivity contribution in [1.29, 1.82) is 5.26 Å². The van der Waals surface area contributed by atoms with Gasteiger partial charge in [-0.2, -0.15) is 5.26 Å². The van der Waals surface area contributed by atoms with Crippen molar-refractivity contribution in [2.45, 2.75) is 0 Å². The highest BCUT2D eigenvalue weighted by atomic mass is 16.4. The number of aromatic carboxylic acids is 1. The van der Waals surface area contributed by atoms with Gasteiger partial charge in [-0.15, -0.1) is 0 Å². The third kappa shape index (κ3) is 1.12. The van der Waals surface area contributed by atoms with Crippen LogP contribution in [0.1, 0.15) is 15.9 Å². The molecule has 0 bridgehead atoms. The summed E-state index contributed by atoms with van der Waals surface area (Å²) in [6.07, 6.45) is 3.35. The molecular formula is C10H6N2O2. The van der Waals surface area contributed by atoms with Gasteiger partial charge in [0, 0.05) is 12.4 Å². The normalized spacial score (nSPS) is 9.93. The first-order valence-corrected chi connectivity index (χ1v) is 3.96. The number of pyridine rings is 1. The van der Waals surface area contributed by atoms with Gasteiger partial charge in [0.05, 0.1) is 16.6 Å². The van der Waals surface area contributed by atoms with Crippen molar-refractivity contribution < 1.29 is 9.90 Å². The maximum absolute atomic E-state index is 10.7. The zero-order valence-corrected chi connectivity index (χ0v) is 7.14. The molecule has 0 atom stereocenters. The van der Waals surface area contributed by atoms with Crippen molar-refractivity contribution in [2.24, 2.45) is 0 Å². The summed E-state index contributed by atoms with van der Waals surface area (Å²) >= 11 is 0. The predicted molar refractivity (Wildman–Crippen MR) is 49.1 cm³/mol. The number of fused-ring (bicyclic) bond motifs is 1. The molecule has 0 spiro atoms. The van der Waals surface area contributed by atoms with E-state index >= 15 is 0 Å². The summed E-state index contributed by atoms with van der Waals surface area (Å²) in [7, 11) is 0. The summed E-state index contributed by atoms with van der Waals surface area (Å²) in [6, 6.07) is 6.64. The van der Waals surface area contributed by atoms with Gasteiger partial charge in [-0.3, -0.25) is 0 Å². The molecule has 14 heavy (non-hydrogen) atoms. The lowest BCUT2D eigenvalue weighted by molar-refractivity contribution is 0.0697. The molecule has 68 valence electrons. The summed E-state index contributed by atoms with van der Waals surface area (Å²) in [5, 5.41) is 17.5. The molecule has 0 aliphatic heterocycles. The molecule has 0 saturated carbocycles. The van der Waals surface area contributed by atoms with Crippen LogP contribution < -0.4 is 0 Å². The Morgan fingerprint density at radius 2 is 2.14 bits per heavy atom. The van der Waals surface area contributed by atoms with E-state index in [1.54, 1.807) is 22.9 Å². The Kier molecular flexibility index (Phi) is 1.72.